The molecule has 1 aromatic rings. The highest BCUT2D eigenvalue weighted by molar-refractivity contribution is 9.10. The third kappa shape index (κ3) is 3.12. The van der Waals surface area contributed by atoms with E-state index in [2.05, 4.69) is 46.5 Å². The molecule has 0 aliphatic rings. The molecule has 1 rings (SSSR count). The van der Waals surface area contributed by atoms with E-state index in [9.17, 15) is 0 Å². The molecule has 0 unspecified atom stereocenters. The van der Waals surface area contributed by atoms with Crippen LogP contribution in [0.15, 0.2) is 10.7 Å². The Kier molecular flexibility index (Phi) is 4.66. The minimum Gasteiger partial charge on any atom is -0.268 e. The Morgan fingerprint density at radius 2 is 2.21 bits per heavy atom. The van der Waals surface area contributed by atoms with Crippen LogP contribution < -0.4 is 0 Å². The Hall–Kier alpha value is -0.310. The minimum atomic E-state index is 0.684. The highest BCUT2D eigenvalue weighted by atomic mass is 79.9. The van der Waals surface area contributed by atoms with Crippen molar-refractivity contribution in [1.82, 2.24) is 9.78 Å². The molecule has 0 aromatic carbocycles. The second kappa shape index (κ2) is 5.54. The lowest BCUT2D eigenvalue weighted by Gasteiger charge is -2.09. The molecule has 0 radical (unpaired) electrons. The molecule has 0 fully saturated rings. The Bertz CT molecular complexity index is 279. The summed E-state index contributed by atoms with van der Waals surface area (Å²) >= 11 is 3.55. The van der Waals surface area contributed by atoms with Crippen LogP contribution in [0.25, 0.3) is 0 Å². The number of hydrogen-bond acceptors (Lipinski definition) is 1. The summed E-state index contributed by atoms with van der Waals surface area (Å²) in [6, 6.07) is 0. The zero-order valence-corrected chi connectivity index (χ0v) is 10.8. The monoisotopic (exact) mass is 258 g/mol. The molecule has 0 saturated carbocycles. The summed E-state index contributed by atoms with van der Waals surface area (Å²) in [7, 11) is 0. The average Bonchev–Trinajstić information content (AvgIpc) is 2.45. The van der Waals surface area contributed by atoms with Crippen molar-refractivity contribution in [2.45, 2.75) is 46.6 Å². The Labute approximate surface area is 94.8 Å². The van der Waals surface area contributed by atoms with Crippen molar-refractivity contribution in [2.24, 2.45) is 5.92 Å². The fraction of sp³-hybridized carbons (Fsp3) is 0.727. The van der Waals surface area contributed by atoms with Crippen molar-refractivity contribution in [2.75, 3.05) is 0 Å². The summed E-state index contributed by atoms with van der Waals surface area (Å²) in [5.41, 5.74) is 1.34. The van der Waals surface area contributed by atoms with Gasteiger partial charge in [-0.15, -0.1) is 0 Å². The van der Waals surface area contributed by atoms with E-state index < -0.39 is 0 Å². The molecular formula is C11H19BrN2. The SMILES string of the molecule is CCCCn1ncc(Br)c1CC(C)C. The quantitative estimate of drug-likeness (QED) is 0.789. The van der Waals surface area contributed by atoms with Gasteiger partial charge in [0.2, 0.25) is 0 Å². The molecular weight excluding hydrogens is 240 g/mol. The molecule has 0 aliphatic carbocycles. The first-order chi connectivity index (χ1) is 6.65. The predicted octanol–water partition coefficient (Wildman–Crippen LogP) is 3.64. The second-order valence-corrected chi connectivity index (χ2v) is 4.97. The van der Waals surface area contributed by atoms with Crippen LogP contribution in [0.3, 0.4) is 0 Å². The Morgan fingerprint density at radius 1 is 1.50 bits per heavy atom. The molecule has 1 heterocycles. The summed E-state index contributed by atoms with van der Waals surface area (Å²) in [4.78, 5) is 0. The molecule has 0 atom stereocenters. The van der Waals surface area contributed by atoms with Crippen LogP contribution >= 0.6 is 15.9 Å². The van der Waals surface area contributed by atoms with Gasteiger partial charge in [0.25, 0.3) is 0 Å². The Morgan fingerprint density at radius 3 is 2.79 bits per heavy atom. The standard InChI is InChI=1S/C11H19BrN2/c1-4-5-6-14-11(7-9(2)3)10(12)8-13-14/h8-9H,4-7H2,1-3H3. The van der Waals surface area contributed by atoms with E-state index >= 15 is 0 Å². The van der Waals surface area contributed by atoms with E-state index in [1.54, 1.807) is 0 Å². The molecule has 0 spiro atoms. The summed E-state index contributed by atoms with van der Waals surface area (Å²) < 4.78 is 3.29. The number of halogens is 1. The molecule has 0 bridgehead atoms. The lowest BCUT2D eigenvalue weighted by molar-refractivity contribution is 0.520. The van der Waals surface area contributed by atoms with Crippen LogP contribution in [0.2, 0.25) is 0 Å². The summed E-state index contributed by atoms with van der Waals surface area (Å²) in [5, 5.41) is 4.38. The first-order valence-corrected chi connectivity index (χ1v) is 6.14. The lowest BCUT2D eigenvalue weighted by atomic mass is 10.1. The maximum absolute atomic E-state index is 4.38. The van der Waals surface area contributed by atoms with Gasteiger partial charge in [0, 0.05) is 6.54 Å². The summed E-state index contributed by atoms with van der Waals surface area (Å²) in [6.45, 7) is 7.73. The van der Waals surface area contributed by atoms with Gasteiger partial charge >= 0.3 is 0 Å². The lowest BCUT2D eigenvalue weighted by Crippen LogP contribution is -2.07. The van der Waals surface area contributed by atoms with Gasteiger partial charge in [-0.1, -0.05) is 27.2 Å². The Balaban J connectivity index is 2.72. The van der Waals surface area contributed by atoms with Crippen LogP contribution in [0.1, 0.15) is 39.3 Å². The normalized spacial score (nSPS) is 11.2. The van der Waals surface area contributed by atoms with E-state index in [0.717, 1.165) is 17.4 Å². The summed E-state index contributed by atoms with van der Waals surface area (Å²) in [6.07, 6.45) is 5.44. The van der Waals surface area contributed by atoms with Crippen molar-refractivity contribution in [1.29, 1.82) is 0 Å². The van der Waals surface area contributed by atoms with E-state index in [1.807, 2.05) is 6.20 Å². The molecule has 2 nitrogen and oxygen atoms in total. The molecule has 0 saturated heterocycles. The van der Waals surface area contributed by atoms with E-state index in [0.29, 0.717) is 5.92 Å². The largest absolute Gasteiger partial charge is 0.268 e. The van der Waals surface area contributed by atoms with Crippen LogP contribution in [-0.2, 0) is 13.0 Å². The van der Waals surface area contributed by atoms with Gasteiger partial charge in [0.15, 0.2) is 0 Å². The van der Waals surface area contributed by atoms with E-state index in [1.165, 1.54) is 18.5 Å². The van der Waals surface area contributed by atoms with Crippen LogP contribution in [-0.4, -0.2) is 9.78 Å². The number of unbranched alkanes of at least 4 members (excludes halogenated alkanes) is 1. The number of nitrogens with zero attached hydrogens (tertiary/aromatic N) is 2. The van der Waals surface area contributed by atoms with Gasteiger partial charge < -0.3 is 0 Å². The highest BCUT2D eigenvalue weighted by Crippen LogP contribution is 2.19. The number of rotatable bonds is 5. The molecule has 3 heteroatoms. The average molecular weight is 259 g/mol. The van der Waals surface area contributed by atoms with Gasteiger partial charge in [-0.05, 0) is 34.7 Å². The maximum atomic E-state index is 4.38. The molecule has 0 aliphatic heterocycles. The third-order valence-electron chi connectivity index (χ3n) is 2.22. The van der Waals surface area contributed by atoms with E-state index in [4.69, 9.17) is 0 Å². The topological polar surface area (TPSA) is 17.8 Å². The first kappa shape index (κ1) is 11.8. The number of hydrogen-bond donors (Lipinski definition) is 0. The predicted molar refractivity (Wildman–Crippen MR) is 63.4 cm³/mol. The highest BCUT2D eigenvalue weighted by Gasteiger charge is 2.09. The number of aryl methyl sites for hydroxylation is 1. The van der Waals surface area contributed by atoms with Crippen LogP contribution in [0.5, 0.6) is 0 Å². The van der Waals surface area contributed by atoms with Crippen molar-refractivity contribution >= 4 is 15.9 Å². The van der Waals surface area contributed by atoms with Crippen molar-refractivity contribution in [3.8, 4) is 0 Å². The number of aromatic nitrogens is 2. The van der Waals surface area contributed by atoms with Gasteiger partial charge in [0.1, 0.15) is 0 Å². The van der Waals surface area contributed by atoms with Crippen molar-refractivity contribution < 1.29 is 0 Å². The third-order valence-corrected chi connectivity index (χ3v) is 2.89. The zero-order chi connectivity index (χ0) is 10.6. The maximum Gasteiger partial charge on any atom is 0.0635 e. The molecule has 14 heavy (non-hydrogen) atoms. The second-order valence-electron chi connectivity index (χ2n) is 4.11. The fourth-order valence-corrected chi connectivity index (χ4v) is 1.94. The fourth-order valence-electron chi connectivity index (χ4n) is 1.48. The van der Waals surface area contributed by atoms with Crippen molar-refractivity contribution in [3.05, 3.63) is 16.4 Å². The first-order valence-electron chi connectivity index (χ1n) is 5.35. The summed E-state index contributed by atoms with van der Waals surface area (Å²) in [5.74, 6) is 0.684. The van der Waals surface area contributed by atoms with E-state index in [-0.39, 0.29) is 0 Å². The van der Waals surface area contributed by atoms with Crippen molar-refractivity contribution in [3.63, 3.8) is 0 Å². The van der Waals surface area contributed by atoms with Gasteiger partial charge in [-0.25, -0.2) is 0 Å². The molecule has 0 N–H and O–H groups in total. The smallest absolute Gasteiger partial charge is 0.0635 e. The van der Waals surface area contributed by atoms with Gasteiger partial charge in [0.05, 0.1) is 16.4 Å². The van der Waals surface area contributed by atoms with Gasteiger partial charge in [-0.3, -0.25) is 4.68 Å². The molecule has 1 aromatic heterocycles. The van der Waals surface area contributed by atoms with Gasteiger partial charge in [-0.2, -0.15) is 5.10 Å². The van der Waals surface area contributed by atoms with Crippen LogP contribution in [0.4, 0.5) is 0 Å². The van der Waals surface area contributed by atoms with Crippen LogP contribution in [0, 0.1) is 5.92 Å². The minimum absolute atomic E-state index is 0.684. The zero-order valence-electron chi connectivity index (χ0n) is 9.26. The molecule has 0 amide bonds. The molecule has 80 valence electrons.